The van der Waals surface area contributed by atoms with Crippen LogP contribution in [0.15, 0.2) is 12.4 Å². The summed E-state index contributed by atoms with van der Waals surface area (Å²) in [7, 11) is 1.93. The Balaban J connectivity index is 2.34. The van der Waals surface area contributed by atoms with Crippen molar-refractivity contribution in [2.24, 2.45) is 5.73 Å². The van der Waals surface area contributed by atoms with Crippen molar-refractivity contribution in [2.45, 2.75) is 26.5 Å². The lowest BCUT2D eigenvalue weighted by atomic mass is 10.3. The number of hydrogen-bond donors (Lipinski definition) is 1. The first-order valence-corrected chi connectivity index (χ1v) is 6.56. The lowest BCUT2D eigenvalue weighted by molar-refractivity contribution is 0.0451. The molecule has 19 heavy (non-hydrogen) atoms. The molecule has 0 aliphatic heterocycles. The molecule has 108 valence electrons. The van der Waals surface area contributed by atoms with Crippen molar-refractivity contribution < 1.29 is 9.47 Å². The molecule has 0 radical (unpaired) electrons. The summed E-state index contributed by atoms with van der Waals surface area (Å²) in [5.74, 6) is 0.676. The summed E-state index contributed by atoms with van der Waals surface area (Å²) in [5, 5.41) is 0. The van der Waals surface area contributed by atoms with Crippen LogP contribution >= 0.6 is 0 Å². The minimum atomic E-state index is 0.0928. The first-order valence-electron chi connectivity index (χ1n) is 6.56. The Bertz CT molecular complexity index is 343. The predicted molar refractivity (Wildman–Crippen MR) is 75.1 cm³/mol. The van der Waals surface area contributed by atoms with Crippen LogP contribution in [0.5, 0.6) is 0 Å². The van der Waals surface area contributed by atoms with Gasteiger partial charge in [0, 0.05) is 44.2 Å². The molecule has 0 amide bonds. The molecule has 2 N–H and O–H groups in total. The molecular weight excluding hydrogens is 244 g/mol. The van der Waals surface area contributed by atoms with Crippen LogP contribution in [0.3, 0.4) is 0 Å². The highest BCUT2D eigenvalue weighted by Gasteiger charge is 2.06. The zero-order chi connectivity index (χ0) is 14.1. The molecule has 0 spiro atoms. The van der Waals surface area contributed by atoms with Gasteiger partial charge in [-0.15, -0.1) is 0 Å². The van der Waals surface area contributed by atoms with Crippen LogP contribution in [-0.4, -0.2) is 49.4 Å². The van der Waals surface area contributed by atoms with Crippen LogP contribution in [0, 0.1) is 0 Å². The smallest absolute Gasteiger partial charge is 0.225 e. The summed E-state index contributed by atoms with van der Waals surface area (Å²) in [6, 6.07) is 0.0928. The highest BCUT2D eigenvalue weighted by atomic mass is 16.5. The molecule has 1 atom stereocenters. The number of hydrogen-bond acceptors (Lipinski definition) is 6. The summed E-state index contributed by atoms with van der Waals surface area (Å²) in [6.07, 6.45) is 3.56. The standard InChI is InChI=1S/C13H24N4O2/c1-4-18-5-6-19-10-12-7-15-13(16-8-12)17(3)9-11(2)14/h7-8,11H,4-6,9-10,14H2,1-3H3. The second-order valence-corrected chi connectivity index (χ2v) is 4.50. The molecule has 1 aromatic rings. The van der Waals surface area contributed by atoms with E-state index in [0.29, 0.717) is 32.4 Å². The molecule has 1 unspecified atom stereocenters. The fourth-order valence-electron chi connectivity index (χ4n) is 1.59. The molecular formula is C13H24N4O2. The molecule has 6 heteroatoms. The van der Waals surface area contributed by atoms with E-state index in [1.54, 1.807) is 12.4 Å². The lowest BCUT2D eigenvalue weighted by Gasteiger charge is -2.18. The Morgan fingerprint density at radius 1 is 1.26 bits per heavy atom. The Kier molecular flexibility index (Phi) is 7.32. The maximum absolute atomic E-state index is 5.74. The molecule has 1 heterocycles. The van der Waals surface area contributed by atoms with Crippen LogP contribution in [0.25, 0.3) is 0 Å². The van der Waals surface area contributed by atoms with Crippen molar-refractivity contribution in [3.63, 3.8) is 0 Å². The van der Waals surface area contributed by atoms with Gasteiger partial charge < -0.3 is 20.1 Å². The van der Waals surface area contributed by atoms with Gasteiger partial charge in [-0.2, -0.15) is 0 Å². The van der Waals surface area contributed by atoms with Crippen molar-refractivity contribution in [1.82, 2.24) is 9.97 Å². The van der Waals surface area contributed by atoms with Gasteiger partial charge in [-0.3, -0.25) is 0 Å². The lowest BCUT2D eigenvalue weighted by Crippen LogP contribution is -2.33. The molecule has 0 aliphatic rings. The summed E-state index contributed by atoms with van der Waals surface area (Å²) in [4.78, 5) is 10.5. The highest BCUT2D eigenvalue weighted by molar-refractivity contribution is 5.28. The summed E-state index contributed by atoms with van der Waals surface area (Å²) in [6.45, 7) is 7.07. The first-order chi connectivity index (χ1) is 9.13. The molecule has 0 saturated heterocycles. The van der Waals surface area contributed by atoms with Gasteiger partial charge in [-0.1, -0.05) is 0 Å². The van der Waals surface area contributed by atoms with Crippen molar-refractivity contribution in [3.8, 4) is 0 Å². The molecule has 0 fully saturated rings. The van der Waals surface area contributed by atoms with Crippen molar-refractivity contribution in [1.29, 1.82) is 0 Å². The van der Waals surface area contributed by atoms with E-state index in [0.717, 1.165) is 12.1 Å². The number of aromatic nitrogens is 2. The van der Waals surface area contributed by atoms with E-state index in [4.69, 9.17) is 15.2 Å². The third-order valence-electron chi connectivity index (χ3n) is 2.44. The topological polar surface area (TPSA) is 73.5 Å². The third kappa shape index (κ3) is 6.47. The Labute approximate surface area is 114 Å². The zero-order valence-corrected chi connectivity index (χ0v) is 12.0. The van der Waals surface area contributed by atoms with Gasteiger partial charge in [0.2, 0.25) is 5.95 Å². The number of nitrogens with two attached hydrogens (primary N) is 1. The van der Waals surface area contributed by atoms with Gasteiger partial charge in [-0.05, 0) is 13.8 Å². The average molecular weight is 268 g/mol. The van der Waals surface area contributed by atoms with E-state index in [-0.39, 0.29) is 6.04 Å². The Morgan fingerprint density at radius 2 is 1.89 bits per heavy atom. The second-order valence-electron chi connectivity index (χ2n) is 4.50. The van der Waals surface area contributed by atoms with Gasteiger partial charge >= 0.3 is 0 Å². The summed E-state index contributed by atoms with van der Waals surface area (Å²) in [5.41, 5.74) is 6.69. The molecule has 0 aliphatic carbocycles. The van der Waals surface area contributed by atoms with E-state index in [2.05, 4.69) is 9.97 Å². The fourth-order valence-corrected chi connectivity index (χ4v) is 1.59. The van der Waals surface area contributed by atoms with Gasteiger partial charge in [-0.25, -0.2) is 9.97 Å². The van der Waals surface area contributed by atoms with Gasteiger partial charge in [0.25, 0.3) is 0 Å². The van der Waals surface area contributed by atoms with Crippen LogP contribution in [0.1, 0.15) is 19.4 Å². The fraction of sp³-hybridized carbons (Fsp3) is 0.692. The van der Waals surface area contributed by atoms with Gasteiger partial charge in [0.1, 0.15) is 0 Å². The average Bonchev–Trinajstić information content (AvgIpc) is 2.38. The normalized spacial score (nSPS) is 12.4. The van der Waals surface area contributed by atoms with E-state index < -0.39 is 0 Å². The first kappa shape index (κ1) is 15.8. The highest BCUT2D eigenvalue weighted by Crippen LogP contribution is 2.06. The van der Waals surface area contributed by atoms with E-state index in [9.17, 15) is 0 Å². The number of ether oxygens (including phenoxy) is 2. The van der Waals surface area contributed by atoms with Crippen molar-refractivity contribution in [2.75, 3.05) is 38.3 Å². The van der Waals surface area contributed by atoms with Crippen molar-refractivity contribution >= 4 is 5.95 Å². The summed E-state index contributed by atoms with van der Waals surface area (Å²) < 4.78 is 10.6. The molecule has 0 bridgehead atoms. The minimum Gasteiger partial charge on any atom is -0.379 e. The number of rotatable bonds is 9. The molecule has 1 rings (SSSR count). The van der Waals surface area contributed by atoms with E-state index >= 15 is 0 Å². The monoisotopic (exact) mass is 268 g/mol. The molecule has 6 nitrogen and oxygen atoms in total. The minimum absolute atomic E-state index is 0.0928. The van der Waals surface area contributed by atoms with Crippen LogP contribution in [-0.2, 0) is 16.1 Å². The predicted octanol–water partition coefficient (Wildman–Crippen LogP) is 0.813. The Hall–Kier alpha value is -1.24. The third-order valence-corrected chi connectivity index (χ3v) is 2.44. The van der Waals surface area contributed by atoms with Crippen LogP contribution in [0.2, 0.25) is 0 Å². The largest absolute Gasteiger partial charge is 0.379 e. The van der Waals surface area contributed by atoms with E-state index in [1.807, 2.05) is 25.8 Å². The second kappa shape index (κ2) is 8.79. The molecule has 0 aromatic carbocycles. The summed E-state index contributed by atoms with van der Waals surface area (Å²) >= 11 is 0. The van der Waals surface area contributed by atoms with Gasteiger partial charge in [0.05, 0.1) is 19.8 Å². The van der Waals surface area contributed by atoms with Crippen LogP contribution < -0.4 is 10.6 Å². The maximum atomic E-state index is 5.74. The number of anilines is 1. The molecule has 0 saturated carbocycles. The van der Waals surface area contributed by atoms with E-state index in [1.165, 1.54) is 0 Å². The SMILES string of the molecule is CCOCCOCc1cnc(N(C)CC(C)N)nc1. The Morgan fingerprint density at radius 3 is 2.47 bits per heavy atom. The quantitative estimate of drug-likeness (QED) is 0.668. The van der Waals surface area contributed by atoms with Crippen LogP contribution in [0.4, 0.5) is 5.95 Å². The van der Waals surface area contributed by atoms with Gasteiger partial charge in [0.15, 0.2) is 0 Å². The maximum Gasteiger partial charge on any atom is 0.225 e. The zero-order valence-electron chi connectivity index (χ0n) is 12.0. The number of likely N-dealkylation sites (N-methyl/N-ethyl adjacent to an activating group) is 1. The van der Waals surface area contributed by atoms with Crippen molar-refractivity contribution in [3.05, 3.63) is 18.0 Å². The molecule has 1 aromatic heterocycles. The number of nitrogens with zero attached hydrogens (tertiary/aromatic N) is 3.